The molecule has 1 unspecified atom stereocenters. The minimum Gasteiger partial charge on any atom is -0.508 e. The molecule has 176 valence electrons. The van der Waals surface area contributed by atoms with Crippen molar-refractivity contribution in [2.45, 2.75) is 6.04 Å². The molecule has 0 spiro atoms. The van der Waals surface area contributed by atoms with Crippen LogP contribution in [0.1, 0.15) is 22.2 Å². The van der Waals surface area contributed by atoms with Crippen molar-refractivity contribution in [3.05, 3.63) is 99.4 Å². The Morgan fingerprint density at radius 3 is 2.49 bits per heavy atom. The van der Waals surface area contributed by atoms with Gasteiger partial charge in [0, 0.05) is 11.1 Å². The zero-order valence-electron chi connectivity index (χ0n) is 18.2. The largest absolute Gasteiger partial charge is 0.508 e. The van der Waals surface area contributed by atoms with E-state index in [0.717, 1.165) is 0 Å². The van der Waals surface area contributed by atoms with Crippen LogP contribution >= 0.6 is 23.2 Å². The molecule has 0 radical (unpaired) electrons. The third-order valence-corrected chi connectivity index (χ3v) is 6.51. The number of Topliss-reactive ketones (excluding diaryl/α,β-unsaturated/α-hetero) is 1. The molecular formula is C26H17Cl2NO6. The van der Waals surface area contributed by atoms with Gasteiger partial charge in [0.1, 0.15) is 5.75 Å². The van der Waals surface area contributed by atoms with Gasteiger partial charge in [0.25, 0.3) is 5.91 Å². The van der Waals surface area contributed by atoms with Crippen LogP contribution in [0.25, 0.3) is 11.0 Å². The molecule has 2 N–H and O–H groups in total. The number of rotatable bonds is 5. The summed E-state index contributed by atoms with van der Waals surface area (Å²) in [6.07, 6.45) is 0. The second-order valence-electron chi connectivity index (χ2n) is 7.85. The summed E-state index contributed by atoms with van der Waals surface area (Å²) < 4.78 is 11.1. The van der Waals surface area contributed by atoms with Crippen molar-refractivity contribution in [3.63, 3.8) is 0 Å². The molecule has 0 bridgehead atoms. The molecular weight excluding hydrogens is 493 g/mol. The van der Waals surface area contributed by atoms with E-state index in [1.165, 1.54) is 42.3 Å². The number of amides is 1. The van der Waals surface area contributed by atoms with Crippen molar-refractivity contribution in [2.24, 2.45) is 0 Å². The molecule has 0 aliphatic carbocycles. The van der Waals surface area contributed by atoms with Crippen LogP contribution in [0.4, 0.5) is 5.69 Å². The number of hydrogen-bond donors (Lipinski definition) is 2. The highest BCUT2D eigenvalue weighted by atomic mass is 35.5. The molecule has 7 nitrogen and oxygen atoms in total. The summed E-state index contributed by atoms with van der Waals surface area (Å²) in [7, 11) is 1.48. The molecule has 35 heavy (non-hydrogen) atoms. The van der Waals surface area contributed by atoms with Crippen LogP contribution < -0.4 is 9.64 Å². The van der Waals surface area contributed by atoms with E-state index in [2.05, 4.69) is 0 Å². The van der Waals surface area contributed by atoms with Gasteiger partial charge in [-0.05, 0) is 48.0 Å². The molecule has 1 amide bonds. The maximum absolute atomic E-state index is 13.7. The fourth-order valence-corrected chi connectivity index (χ4v) is 4.48. The van der Waals surface area contributed by atoms with Gasteiger partial charge >= 0.3 is 0 Å². The summed E-state index contributed by atoms with van der Waals surface area (Å²) in [5.41, 5.74) is 0.853. The number of carbonyl (C=O) groups excluding carboxylic acids is 2. The van der Waals surface area contributed by atoms with Crippen LogP contribution in [0.5, 0.6) is 11.5 Å². The number of aliphatic hydroxyl groups excluding tert-OH is 1. The number of phenolic OH excluding ortho intramolecular Hbond substituents is 1. The molecule has 1 aliphatic rings. The van der Waals surface area contributed by atoms with E-state index in [-0.39, 0.29) is 27.1 Å². The number of aromatic hydroxyl groups is 1. The minimum absolute atomic E-state index is 0.0734. The number of carbonyl (C=O) groups is 2. The Morgan fingerprint density at radius 1 is 1.00 bits per heavy atom. The number of nitrogens with zero attached hydrogens (tertiary/aromatic N) is 1. The summed E-state index contributed by atoms with van der Waals surface area (Å²) in [6.45, 7) is 0. The highest BCUT2D eigenvalue weighted by molar-refractivity contribution is 6.42. The quantitative estimate of drug-likeness (QED) is 0.309. The Morgan fingerprint density at radius 2 is 1.77 bits per heavy atom. The first-order valence-electron chi connectivity index (χ1n) is 10.4. The van der Waals surface area contributed by atoms with Crippen molar-refractivity contribution < 1.29 is 29.0 Å². The number of ketones is 1. The lowest BCUT2D eigenvalue weighted by Crippen LogP contribution is -2.31. The van der Waals surface area contributed by atoms with E-state index in [4.69, 9.17) is 32.4 Å². The van der Waals surface area contributed by atoms with Crippen molar-refractivity contribution in [1.82, 2.24) is 0 Å². The molecule has 9 heteroatoms. The fourth-order valence-electron chi connectivity index (χ4n) is 4.19. The van der Waals surface area contributed by atoms with Gasteiger partial charge in [-0.2, -0.15) is 0 Å². The lowest BCUT2D eigenvalue weighted by molar-refractivity contribution is -0.117. The standard InChI is InChI=1S/C26H17Cl2NO6/c1-34-19-7-3-5-14-11-20(35-25(14)19)23(31)21-22(13-4-2-6-16(30)10-13)29(26(33)24(21)32)15-8-9-17(27)18(28)12-15/h2-12,22,30,32H,1H3. The number of para-hydroxylation sites is 1. The molecule has 1 aliphatic heterocycles. The average molecular weight is 510 g/mol. The van der Waals surface area contributed by atoms with E-state index in [0.29, 0.717) is 28.0 Å². The van der Waals surface area contributed by atoms with Crippen LogP contribution in [-0.2, 0) is 4.79 Å². The van der Waals surface area contributed by atoms with Gasteiger partial charge in [-0.15, -0.1) is 0 Å². The maximum atomic E-state index is 13.7. The van der Waals surface area contributed by atoms with Gasteiger partial charge in [0.05, 0.1) is 28.8 Å². The van der Waals surface area contributed by atoms with Crippen molar-refractivity contribution in [2.75, 3.05) is 12.0 Å². The van der Waals surface area contributed by atoms with E-state index < -0.39 is 23.5 Å². The predicted octanol–water partition coefficient (Wildman–Crippen LogP) is 6.24. The van der Waals surface area contributed by atoms with E-state index >= 15 is 0 Å². The number of aliphatic hydroxyl groups is 1. The Balaban J connectivity index is 1.68. The van der Waals surface area contributed by atoms with Crippen LogP contribution in [0, 0.1) is 0 Å². The zero-order valence-corrected chi connectivity index (χ0v) is 19.7. The van der Waals surface area contributed by atoms with E-state index in [9.17, 15) is 19.8 Å². The Kier molecular flexibility index (Phi) is 5.67. The summed E-state index contributed by atoms with van der Waals surface area (Å²) in [5.74, 6) is -1.96. The monoisotopic (exact) mass is 509 g/mol. The fraction of sp³-hybridized carbons (Fsp3) is 0.0769. The van der Waals surface area contributed by atoms with Gasteiger partial charge in [-0.3, -0.25) is 14.5 Å². The summed E-state index contributed by atoms with van der Waals surface area (Å²) in [5, 5.41) is 22.1. The third kappa shape index (κ3) is 3.79. The maximum Gasteiger partial charge on any atom is 0.294 e. The van der Waals surface area contributed by atoms with Gasteiger partial charge in [-0.25, -0.2) is 0 Å². The van der Waals surface area contributed by atoms with Gasteiger partial charge in [0.2, 0.25) is 5.78 Å². The molecule has 5 rings (SSSR count). The molecule has 4 aromatic rings. The number of fused-ring (bicyclic) bond motifs is 1. The normalized spacial score (nSPS) is 15.8. The third-order valence-electron chi connectivity index (χ3n) is 5.77. The van der Waals surface area contributed by atoms with Crippen molar-refractivity contribution in [1.29, 1.82) is 0 Å². The lowest BCUT2D eigenvalue weighted by atomic mass is 9.94. The summed E-state index contributed by atoms with van der Waals surface area (Å²) in [6, 6.07) is 16.2. The van der Waals surface area contributed by atoms with Crippen molar-refractivity contribution >= 4 is 51.5 Å². The second kappa shape index (κ2) is 8.69. The number of furan rings is 1. The first kappa shape index (κ1) is 22.8. The van der Waals surface area contributed by atoms with Crippen LogP contribution in [0.15, 0.2) is 82.5 Å². The molecule has 2 heterocycles. The van der Waals surface area contributed by atoms with Gasteiger partial charge in [0.15, 0.2) is 22.9 Å². The van der Waals surface area contributed by atoms with Crippen molar-refractivity contribution in [3.8, 4) is 11.5 Å². The first-order chi connectivity index (χ1) is 16.8. The SMILES string of the molecule is COc1cccc2cc(C(=O)C3=C(O)C(=O)N(c4ccc(Cl)c(Cl)c4)C3c3cccc(O)c3)oc12. The average Bonchev–Trinajstić information content (AvgIpc) is 3.40. The molecule has 1 aromatic heterocycles. The van der Waals surface area contributed by atoms with Gasteiger partial charge < -0.3 is 19.4 Å². The number of benzene rings is 3. The number of anilines is 1. The highest BCUT2D eigenvalue weighted by Crippen LogP contribution is 2.44. The van der Waals surface area contributed by atoms with Gasteiger partial charge in [-0.1, -0.05) is 47.5 Å². The zero-order chi connectivity index (χ0) is 24.9. The number of ether oxygens (including phenoxy) is 1. The number of halogens is 2. The Labute approximate surface area is 209 Å². The Hall–Kier alpha value is -3.94. The molecule has 3 aromatic carbocycles. The topological polar surface area (TPSA) is 100 Å². The molecule has 0 saturated heterocycles. The highest BCUT2D eigenvalue weighted by Gasteiger charge is 2.45. The first-order valence-corrected chi connectivity index (χ1v) is 11.2. The van der Waals surface area contributed by atoms with E-state index in [1.54, 1.807) is 36.4 Å². The smallest absolute Gasteiger partial charge is 0.294 e. The summed E-state index contributed by atoms with van der Waals surface area (Å²) >= 11 is 12.2. The van der Waals surface area contributed by atoms with Crippen LogP contribution in [0.3, 0.4) is 0 Å². The molecule has 1 atom stereocenters. The van der Waals surface area contributed by atoms with E-state index in [1.807, 2.05) is 0 Å². The molecule has 0 fully saturated rings. The number of phenols is 1. The minimum atomic E-state index is -1.07. The van der Waals surface area contributed by atoms with Crippen LogP contribution in [-0.4, -0.2) is 29.0 Å². The van der Waals surface area contributed by atoms with Crippen LogP contribution in [0.2, 0.25) is 10.0 Å². The summed E-state index contributed by atoms with van der Waals surface area (Å²) in [4.78, 5) is 28.2. The number of hydrogen-bond acceptors (Lipinski definition) is 6. The lowest BCUT2D eigenvalue weighted by Gasteiger charge is -2.27. The second-order valence-corrected chi connectivity index (χ2v) is 8.67. The predicted molar refractivity (Wildman–Crippen MR) is 132 cm³/mol. The number of methoxy groups -OCH3 is 1. The molecule has 0 saturated carbocycles. The Bertz CT molecular complexity index is 1540.